The van der Waals surface area contributed by atoms with E-state index in [-0.39, 0.29) is 23.3 Å². The molecule has 0 aliphatic carbocycles. The molecule has 2 aromatic rings. The minimum absolute atomic E-state index is 0.115. The highest BCUT2D eigenvalue weighted by Gasteiger charge is 2.33. The Hall–Kier alpha value is -2.10. The zero-order chi connectivity index (χ0) is 22.4. The third kappa shape index (κ3) is 5.78. The molecule has 1 N–H and O–H groups in total. The standard InChI is InChI=1S/C22H27BrN2O5S/c1-29-20-10-5-16(14-21(20)30-2)11-12-24-22(26)17-4-3-13-25(15-17)31(27,28)19-8-6-18(23)7-9-19/h5-10,14,17H,3-4,11-13,15H2,1-2H3,(H,24,26)/t17-/m1/s1. The van der Waals surface area contributed by atoms with E-state index in [2.05, 4.69) is 21.2 Å². The van der Waals surface area contributed by atoms with Crippen LogP contribution in [0.2, 0.25) is 0 Å². The first kappa shape index (κ1) is 23.6. The second-order valence-electron chi connectivity index (χ2n) is 7.39. The Bertz CT molecular complexity index is 1010. The first-order chi connectivity index (χ1) is 14.8. The number of hydrogen-bond acceptors (Lipinski definition) is 5. The van der Waals surface area contributed by atoms with Crippen LogP contribution in [0.5, 0.6) is 11.5 Å². The van der Waals surface area contributed by atoms with Gasteiger partial charge in [0.15, 0.2) is 11.5 Å². The van der Waals surface area contributed by atoms with Crippen molar-refractivity contribution in [2.24, 2.45) is 5.92 Å². The van der Waals surface area contributed by atoms with E-state index in [1.165, 1.54) is 4.31 Å². The van der Waals surface area contributed by atoms with Crippen LogP contribution in [0, 0.1) is 5.92 Å². The highest BCUT2D eigenvalue weighted by Crippen LogP contribution is 2.28. The van der Waals surface area contributed by atoms with E-state index in [4.69, 9.17) is 9.47 Å². The fourth-order valence-electron chi connectivity index (χ4n) is 3.64. The van der Waals surface area contributed by atoms with Crippen LogP contribution in [-0.4, -0.2) is 52.5 Å². The molecule has 2 aromatic carbocycles. The molecule has 0 radical (unpaired) electrons. The van der Waals surface area contributed by atoms with E-state index in [1.807, 2.05) is 18.2 Å². The zero-order valence-electron chi connectivity index (χ0n) is 17.6. The second kappa shape index (κ2) is 10.5. The number of sulfonamides is 1. The highest BCUT2D eigenvalue weighted by molar-refractivity contribution is 9.10. The average Bonchev–Trinajstić information content (AvgIpc) is 2.79. The predicted molar refractivity (Wildman–Crippen MR) is 122 cm³/mol. The number of hydrogen-bond donors (Lipinski definition) is 1. The predicted octanol–water partition coefficient (Wildman–Crippen LogP) is 3.23. The summed E-state index contributed by atoms with van der Waals surface area (Å²) in [6.07, 6.45) is 1.97. The molecule has 1 heterocycles. The molecule has 168 valence electrons. The van der Waals surface area contributed by atoms with Crippen LogP contribution in [0.4, 0.5) is 0 Å². The number of carbonyl (C=O) groups excluding carboxylic acids is 1. The van der Waals surface area contributed by atoms with Crippen molar-refractivity contribution in [3.8, 4) is 11.5 Å². The van der Waals surface area contributed by atoms with Gasteiger partial charge in [0.2, 0.25) is 15.9 Å². The summed E-state index contributed by atoms with van der Waals surface area (Å²) in [5.41, 5.74) is 1.01. The molecular weight excluding hydrogens is 484 g/mol. The van der Waals surface area contributed by atoms with Crippen LogP contribution in [0.3, 0.4) is 0 Å². The summed E-state index contributed by atoms with van der Waals surface area (Å²) in [5.74, 6) is 0.831. The summed E-state index contributed by atoms with van der Waals surface area (Å²) in [6.45, 7) is 1.08. The fourth-order valence-corrected chi connectivity index (χ4v) is 5.43. The fraction of sp³-hybridized carbons (Fsp3) is 0.409. The lowest BCUT2D eigenvalue weighted by Gasteiger charge is -2.31. The monoisotopic (exact) mass is 510 g/mol. The third-order valence-electron chi connectivity index (χ3n) is 5.37. The van der Waals surface area contributed by atoms with E-state index >= 15 is 0 Å². The normalized spacial score (nSPS) is 17.2. The van der Waals surface area contributed by atoms with Crippen LogP contribution >= 0.6 is 15.9 Å². The molecule has 1 atom stereocenters. The first-order valence-corrected chi connectivity index (χ1v) is 12.3. The van der Waals surface area contributed by atoms with Crippen LogP contribution in [-0.2, 0) is 21.2 Å². The van der Waals surface area contributed by atoms with Gasteiger partial charge < -0.3 is 14.8 Å². The van der Waals surface area contributed by atoms with E-state index in [1.54, 1.807) is 38.5 Å². The van der Waals surface area contributed by atoms with E-state index in [0.29, 0.717) is 43.9 Å². The number of piperidine rings is 1. The Labute approximate surface area is 191 Å². The Kier molecular flexibility index (Phi) is 7.96. The van der Waals surface area contributed by atoms with Crippen molar-refractivity contribution in [2.45, 2.75) is 24.2 Å². The molecule has 1 aliphatic heterocycles. The summed E-state index contributed by atoms with van der Waals surface area (Å²) in [4.78, 5) is 12.9. The molecule has 0 saturated carbocycles. The number of halogens is 1. The molecule has 1 amide bonds. The van der Waals surface area contributed by atoms with E-state index in [9.17, 15) is 13.2 Å². The molecule has 7 nitrogen and oxygen atoms in total. The maximum atomic E-state index is 12.9. The maximum absolute atomic E-state index is 12.9. The zero-order valence-corrected chi connectivity index (χ0v) is 20.0. The number of rotatable bonds is 8. The van der Waals surface area contributed by atoms with Gasteiger partial charge in [0.25, 0.3) is 0 Å². The quantitative estimate of drug-likeness (QED) is 0.589. The number of benzene rings is 2. The van der Waals surface area contributed by atoms with Crippen molar-refractivity contribution in [1.82, 2.24) is 9.62 Å². The number of ether oxygens (including phenoxy) is 2. The molecule has 31 heavy (non-hydrogen) atoms. The van der Waals surface area contributed by atoms with Crippen LogP contribution in [0.25, 0.3) is 0 Å². The van der Waals surface area contributed by atoms with Gasteiger partial charge in [-0.1, -0.05) is 22.0 Å². The van der Waals surface area contributed by atoms with Gasteiger partial charge in [0.05, 0.1) is 25.0 Å². The summed E-state index contributed by atoms with van der Waals surface area (Å²) in [5, 5.41) is 2.95. The molecule has 0 bridgehead atoms. The number of carbonyl (C=O) groups is 1. The summed E-state index contributed by atoms with van der Waals surface area (Å²) < 4.78 is 38.6. The average molecular weight is 511 g/mol. The molecule has 1 fully saturated rings. The van der Waals surface area contributed by atoms with Crippen molar-refractivity contribution < 1.29 is 22.7 Å². The molecule has 3 rings (SSSR count). The molecule has 1 saturated heterocycles. The van der Waals surface area contributed by atoms with Gasteiger partial charge in [-0.25, -0.2) is 8.42 Å². The van der Waals surface area contributed by atoms with Crippen molar-refractivity contribution in [1.29, 1.82) is 0 Å². The van der Waals surface area contributed by atoms with Gasteiger partial charge in [-0.05, 0) is 61.2 Å². The van der Waals surface area contributed by atoms with Gasteiger partial charge in [-0.3, -0.25) is 4.79 Å². The molecule has 0 spiro atoms. The molecule has 1 aliphatic rings. The van der Waals surface area contributed by atoms with Gasteiger partial charge in [0.1, 0.15) is 0 Å². The third-order valence-corrected chi connectivity index (χ3v) is 7.78. The topological polar surface area (TPSA) is 84.9 Å². The van der Waals surface area contributed by atoms with Crippen molar-refractivity contribution in [3.63, 3.8) is 0 Å². The Balaban J connectivity index is 1.57. The maximum Gasteiger partial charge on any atom is 0.243 e. The van der Waals surface area contributed by atoms with Gasteiger partial charge in [0, 0.05) is 24.1 Å². The van der Waals surface area contributed by atoms with Crippen LogP contribution in [0.15, 0.2) is 51.8 Å². The molecule has 0 unspecified atom stereocenters. The van der Waals surface area contributed by atoms with Crippen molar-refractivity contribution in [3.05, 3.63) is 52.5 Å². The summed E-state index contributed by atoms with van der Waals surface area (Å²) in [6, 6.07) is 12.2. The summed E-state index contributed by atoms with van der Waals surface area (Å²) >= 11 is 3.32. The Morgan fingerprint density at radius 1 is 1.13 bits per heavy atom. The second-order valence-corrected chi connectivity index (χ2v) is 10.2. The molecule has 9 heteroatoms. The minimum atomic E-state index is -3.62. The highest BCUT2D eigenvalue weighted by atomic mass is 79.9. The van der Waals surface area contributed by atoms with Gasteiger partial charge in [-0.15, -0.1) is 0 Å². The number of nitrogens with one attached hydrogen (secondary N) is 1. The Morgan fingerprint density at radius 2 is 1.84 bits per heavy atom. The molecule has 0 aromatic heterocycles. The van der Waals surface area contributed by atoms with Crippen molar-refractivity contribution in [2.75, 3.05) is 33.9 Å². The number of nitrogens with zero attached hydrogens (tertiary/aromatic N) is 1. The van der Waals surface area contributed by atoms with E-state index < -0.39 is 10.0 Å². The SMILES string of the molecule is COc1ccc(CCNC(=O)[C@@H]2CCCN(S(=O)(=O)c3ccc(Br)cc3)C2)cc1OC. The Morgan fingerprint density at radius 3 is 2.52 bits per heavy atom. The van der Waals surface area contributed by atoms with E-state index in [0.717, 1.165) is 10.0 Å². The van der Waals surface area contributed by atoms with Crippen molar-refractivity contribution >= 4 is 31.9 Å². The smallest absolute Gasteiger partial charge is 0.243 e. The number of methoxy groups -OCH3 is 2. The lowest BCUT2D eigenvalue weighted by Crippen LogP contribution is -2.45. The van der Waals surface area contributed by atoms with Crippen LogP contribution < -0.4 is 14.8 Å². The lowest BCUT2D eigenvalue weighted by molar-refractivity contribution is -0.126. The van der Waals surface area contributed by atoms with Gasteiger partial charge >= 0.3 is 0 Å². The largest absolute Gasteiger partial charge is 0.493 e. The summed E-state index contributed by atoms with van der Waals surface area (Å²) in [7, 11) is -0.447. The lowest BCUT2D eigenvalue weighted by atomic mass is 9.99. The first-order valence-electron chi connectivity index (χ1n) is 10.1. The van der Waals surface area contributed by atoms with Crippen LogP contribution in [0.1, 0.15) is 18.4 Å². The number of amides is 1. The van der Waals surface area contributed by atoms with Gasteiger partial charge in [-0.2, -0.15) is 4.31 Å². The molecular formula is C22H27BrN2O5S. The minimum Gasteiger partial charge on any atom is -0.493 e.